The van der Waals surface area contributed by atoms with Crippen molar-refractivity contribution in [2.75, 3.05) is 13.7 Å². The molecule has 1 aromatic rings. The highest BCUT2D eigenvalue weighted by molar-refractivity contribution is 5.88. The molecule has 0 unspecified atom stereocenters. The van der Waals surface area contributed by atoms with Crippen LogP contribution in [0, 0.1) is 6.92 Å². The summed E-state index contributed by atoms with van der Waals surface area (Å²) < 4.78 is 5.05. The molecule has 0 aliphatic rings. The van der Waals surface area contributed by atoms with E-state index in [4.69, 9.17) is 9.84 Å². The molecule has 86 valence electrons. The van der Waals surface area contributed by atoms with Gasteiger partial charge < -0.3 is 15.2 Å². The smallest absolute Gasteiger partial charge is 0.358 e. The Kier molecular flexibility index (Phi) is 3.82. The minimum absolute atomic E-state index is 0.0849. The monoisotopic (exact) mass is 224 g/mol. The fourth-order valence-corrected chi connectivity index (χ4v) is 1.03. The molecule has 0 saturated heterocycles. The first-order valence-electron chi connectivity index (χ1n) is 4.59. The molecule has 0 atom stereocenters. The second-order valence-corrected chi connectivity index (χ2v) is 3.07. The average molecular weight is 224 g/mol. The lowest BCUT2D eigenvalue weighted by Crippen LogP contribution is -2.25. The molecule has 0 bridgehead atoms. The fraction of sp³-hybridized carbons (Fsp3) is 0.300. The molecule has 0 saturated carbocycles. The third-order valence-electron chi connectivity index (χ3n) is 1.84. The zero-order valence-electron chi connectivity index (χ0n) is 8.98. The van der Waals surface area contributed by atoms with E-state index in [2.05, 4.69) is 10.3 Å². The highest BCUT2D eigenvalue weighted by Gasteiger charge is 2.14. The second kappa shape index (κ2) is 5.11. The number of rotatable bonds is 4. The fourth-order valence-electron chi connectivity index (χ4n) is 1.03. The van der Waals surface area contributed by atoms with Crippen molar-refractivity contribution in [3.8, 4) is 5.75 Å². The Morgan fingerprint density at radius 2 is 2.19 bits per heavy atom. The Labute approximate surface area is 92.3 Å². The molecule has 1 amide bonds. The Morgan fingerprint density at radius 1 is 1.50 bits per heavy atom. The van der Waals surface area contributed by atoms with Crippen LogP contribution in [0.25, 0.3) is 0 Å². The van der Waals surface area contributed by atoms with Crippen LogP contribution in [0.3, 0.4) is 0 Å². The van der Waals surface area contributed by atoms with E-state index in [-0.39, 0.29) is 24.0 Å². The summed E-state index contributed by atoms with van der Waals surface area (Å²) in [6.45, 7) is 1.44. The average Bonchev–Trinajstić information content (AvgIpc) is 2.26. The van der Waals surface area contributed by atoms with Crippen LogP contribution >= 0.6 is 0 Å². The number of carboxylic acid groups (broad SMARTS) is 1. The van der Waals surface area contributed by atoms with E-state index >= 15 is 0 Å². The van der Waals surface area contributed by atoms with Crippen LogP contribution in [0.4, 0.5) is 0 Å². The van der Waals surface area contributed by atoms with Crippen molar-refractivity contribution < 1.29 is 19.4 Å². The number of carbonyl (C=O) groups excluding carboxylic acids is 1. The van der Waals surface area contributed by atoms with E-state index < -0.39 is 5.97 Å². The van der Waals surface area contributed by atoms with Gasteiger partial charge in [0, 0.05) is 12.7 Å². The molecule has 1 aromatic heterocycles. The molecule has 0 aromatic carbocycles. The minimum Gasteiger partial charge on any atom is -0.481 e. The van der Waals surface area contributed by atoms with Crippen LogP contribution in [-0.4, -0.2) is 35.6 Å². The lowest BCUT2D eigenvalue weighted by molar-refractivity contribution is -0.122. The Balaban J connectivity index is 2.87. The summed E-state index contributed by atoms with van der Waals surface area (Å²) in [5, 5.41) is 11.2. The van der Waals surface area contributed by atoms with Crippen LogP contribution in [0.5, 0.6) is 5.75 Å². The molecule has 0 aliphatic heterocycles. The molecule has 0 aliphatic carbocycles. The van der Waals surface area contributed by atoms with E-state index in [1.165, 1.54) is 13.1 Å². The third kappa shape index (κ3) is 2.94. The Bertz CT molecular complexity index is 417. The minimum atomic E-state index is -1.18. The number of ether oxygens (including phenoxy) is 1. The summed E-state index contributed by atoms with van der Waals surface area (Å²) in [4.78, 5) is 25.6. The first-order valence-corrected chi connectivity index (χ1v) is 4.59. The number of aryl methyl sites for hydroxylation is 1. The van der Waals surface area contributed by atoms with Gasteiger partial charge in [0.15, 0.2) is 18.1 Å². The summed E-state index contributed by atoms with van der Waals surface area (Å²) in [7, 11) is 1.47. The van der Waals surface area contributed by atoms with Crippen molar-refractivity contribution in [3.05, 3.63) is 23.5 Å². The van der Waals surface area contributed by atoms with Gasteiger partial charge in [0.2, 0.25) is 0 Å². The van der Waals surface area contributed by atoms with Crippen molar-refractivity contribution >= 4 is 11.9 Å². The summed E-state index contributed by atoms with van der Waals surface area (Å²) >= 11 is 0. The van der Waals surface area contributed by atoms with Gasteiger partial charge in [-0.3, -0.25) is 4.79 Å². The van der Waals surface area contributed by atoms with Crippen molar-refractivity contribution in [3.63, 3.8) is 0 Å². The van der Waals surface area contributed by atoms with Gasteiger partial charge in [0.1, 0.15) is 0 Å². The molecule has 1 heterocycles. The molecule has 2 N–H and O–H groups in total. The number of hydrogen-bond acceptors (Lipinski definition) is 4. The van der Waals surface area contributed by atoms with Gasteiger partial charge in [0.25, 0.3) is 5.91 Å². The topological polar surface area (TPSA) is 88.5 Å². The number of nitrogens with zero attached hydrogens (tertiary/aromatic N) is 1. The van der Waals surface area contributed by atoms with Gasteiger partial charge >= 0.3 is 5.97 Å². The number of carbonyl (C=O) groups is 2. The highest BCUT2D eigenvalue weighted by Crippen LogP contribution is 2.16. The van der Waals surface area contributed by atoms with E-state index in [0.717, 1.165) is 0 Å². The van der Waals surface area contributed by atoms with Gasteiger partial charge in [-0.25, -0.2) is 9.78 Å². The number of aromatic nitrogens is 1. The van der Waals surface area contributed by atoms with E-state index in [1.54, 1.807) is 13.0 Å². The molecule has 0 spiro atoms. The maximum Gasteiger partial charge on any atom is 0.358 e. The van der Waals surface area contributed by atoms with Crippen LogP contribution in [0.15, 0.2) is 12.1 Å². The Hall–Kier alpha value is -2.11. The third-order valence-corrected chi connectivity index (χ3v) is 1.84. The maximum atomic E-state index is 10.9. The molecule has 6 nitrogen and oxygen atoms in total. The quantitative estimate of drug-likeness (QED) is 0.763. The first kappa shape index (κ1) is 12.0. The summed E-state index contributed by atoms with van der Waals surface area (Å²) in [5.41, 5.74) is 0.383. The predicted molar refractivity (Wildman–Crippen MR) is 55.5 cm³/mol. The molecular formula is C10H12N2O4. The van der Waals surface area contributed by atoms with Gasteiger partial charge in [-0.15, -0.1) is 0 Å². The highest BCUT2D eigenvalue weighted by atomic mass is 16.5. The number of pyridine rings is 1. The lowest BCUT2D eigenvalue weighted by atomic mass is 10.3. The van der Waals surface area contributed by atoms with Crippen LogP contribution < -0.4 is 10.1 Å². The normalized spacial score (nSPS) is 9.62. The number of hydrogen-bond donors (Lipinski definition) is 2. The number of nitrogens with one attached hydrogen (secondary N) is 1. The predicted octanol–water partition coefficient (Wildman–Crippen LogP) is 0.213. The molecule has 0 radical (unpaired) electrons. The van der Waals surface area contributed by atoms with Gasteiger partial charge in [-0.1, -0.05) is 0 Å². The van der Waals surface area contributed by atoms with Crippen molar-refractivity contribution in [1.82, 2.24) is 10.3 Å². The summed E-state index contributed by atoms with van der Waals surface area (Å²) in [6, 6.07) is 3.10. The van der Waals surface area contributed by atoms with Crippen LogP contribution in [0.2, 0.25) is 0 Å². The number of carboxylic acids is 1. The van der Waals surface area contributed by atoms with Crippen molar-refractivity contribution in [2.45, 2.75) is 6.92 Å². The second-order valence-electron chi connectivity index (χ2n) is 3.07. The van der Waals surface area contributed by atoms with E-state index in [0.29, 0.717) is 5.69 Å². The van der Waals surface area contributed by atoms with Crippen LogP contribution in [0.1, 0.15) is 16.2 Å². The lowest BCUT2D eigenvalue weighted by Gasteiger charge is -2.07. The Morgan fingerprint density at radius 3 is 2.75 bits per heavy atom. The van der Waals surface area contributed by atoms with Crippen LogP contribution in [-0.2, 0) is 4.79 Å². The molecule has 6 heteroatoms. The number of likely N-dealkylation sites (N-methyl/N-ethyl adjacent to an activating group) is 1. The van der Waals surface area contributed by atoms with Crippen molar-refractivity contribution in [1.29, 1.82) is 0 Å². The summed E-state index contributed by atoms with van der Waals surface area (Å²) in [6.07, 6.45) is 0. The SMILES string of the molecule is CNC(=O)COc1ccc(C)nc1C(=O)O. The number of aromatic carboxylic acids is 1. The van der Waals surface area contributed by atoms with Crippen molar-refractivity contribution in [2.24, 2.45) is 0 Å². The maximum absolute atomic E-state index is 10.9. The van der Waals surface area contributed by atoms with Gasteiger partial charge in [-0.2, -0.15) is 0 Å². The van der Waals surface area contributed by atoms with E-state index in [1.807, 2.05) is 0 Å². The standard InChI is InChI=1S/C10H12N2O4/c1-6-3-4-7(9(12-6)10(14)15)16-5-8(13)11-2/h3-4H,5H2,1-2H3,(H,11,13)(H,14,15). The van der Waals surface area contributed by atoms with Gasteiger partial charge in [0.05, 0.1) is 0 Å². The largest absolute Gasteiger partial charge is 0.481 e. The molecule has 16 heavy (non-hydrogen) atoms. The zero-order chi connectivity index (χ0) is 12.1. The summed E-state index contributed by atoms with van der Waals surface area (Å²) in [5.74, 6) is -1.44. The molecular weight excluding hydrogens is 212 g/mol. The molecule has 1 rings (SSSR count). The molecule has 0 fully saturated rings. The number of amides is 1. The zero-order valence-corrected chi connectivity index (χ0v) is 8.98. The van der Waals surface area contributed by atoms with Gasteiger partial charge in [-0.05, 0) is 19.1 Å². The van der Waals surface area contributed by atoms with E-state index in [9.17, 15) is 9.59 Å². The first-order chi connectivity index (χ1) is 7.54.